The Bertz CT molecular complexity index is 601. The molecule has 0 aliphatic heterocycles. The Morgan fingerprint density at radius 2 is 1.77 bits per heavy atom. The smallest absolute Gasteiger partial charge is 0.326 e. The van der Waals surface area contributed by atoms with Crippen LogP contribution in [0.1, 0.15) is 57.1 Å². The van der Waals surface area contributed by atoms with Crippen molar-refractivity contribution in [3.8, 4) is 0 Å². The lowest BCUT2D eigenvalue weighted by atomic mass is 10.0. The van der Waals surface area contributed by atoms with Crippen LogP contribution in [0.3, 0.4) is 0 Å². The first-order chi connectivity index (χ1) is 12.5. The Morgan fingerprint density at radius 3 is 2.42 bits per heavy atom. The van der Waals surface area contributed by atoms with Crippen molar-refractivity contribution >= 4 is 17.8 Å². The van der Waals surface area contributed by atoms with Gasteiger partial charge in [0.25, 0.3) is 0 Å². The van der Waals surface area contributed by atoms with Crippen LogP contribution in [-0.2, 0) is 27.2 Å². The number of rotatable bonds is 12. The zero-order chi connectivity index (χ0) is 19.4. The number of carboxylic acids is 1. The van der Waals surface area contributed by atoms with Crippen molar-refractivity contribution in [2.75, 3.05) is 6.54 Å². The van der Waals surface area contributed by atoms with Gasteiger partial charge in [-0.15, -0.1) is 0 Å². The van der Waals surface area contributed by atoms with E-state index in [4.69, 9.17) is 0 Å². The first-order valence-corrected chi connectivity index (χ1v) is 9.32. The predicted molar refractivity (Wildman–Crippen MR) is 101 cm³/mol. The van der Waals surface area contributed by atoms with Gasteiger partial charge in [-0.25, -0.2) is 4.79 Å². The molecule has 1 atom stereocenters. The molecule has 0 heterocycles. The molecule has 2 amide bonds. The largest absolute Gasteiger partial charge is 0.480 e. The molecule has 1 rings (SSSR count). The summed E-state index contributed by atoms with van der Waals surface area (Å²) in [6.07, 6.45) is 5.32. The molecule has 6 heteroatoms. The molecule has 3 N–H and O–H groups in total. The summed E-state index contributed by atoms with van der Waals surface area (Å²) in [4.78, 5) is 35.0. The molecule has 0 saturated heterocycles. The average Bonchev–Trinajstić information content (AvgIpc) is 2.60. The van der Waals surface area contributed by atoms with E-state index in [9.17, 15) is 19.5 Å². The number of aliphatic carboxylic acids is 1. The molecule has 26 heavy (non-hydrogen) atoms. The van der Waals surface area contributed by atoms with Crippen molar-refractivity contribution in [2.24, 2.45) is 0 Å². The number of aryl methyl sites for hydroxylation is 1. The average molecular weight is 362 g/mol. The van der Waals surface area contributed by atoms with E-state index < -0.39 is 17.9 Å². The number of unbranched alkanes of at least 4 members (excludes halogenated alkanes) is 2. The van der Waals surface area contributed by atoms with Gasteiger partial charge in [0.2, 0.25) is 11.8 Å². The van der Waals surface area contributed by atoms with E-state index in [1.807, 2.05) is 24.3 Å². The minimum Gasteiger partial charge on any atom is -0.480 e. The van der Waals surface area contributed by atoms with E-state index in [1.54, 1.807) is 0 Å². The van der Waals surface area contributed by atoms with Crippen LogP contribution in [0.5, 0.6) is 0 Å². The maximum Gasteiger partial charge on any atom is 0.326 e. The maximum atomic E-state index is 12.0. The van der Waals surface area contributed by atoms with Gasteiger partial charge in [0.1, 0.15) is 6.04 Å². The standard InChI is InChI=1S/C20H30N2O4/c1-3-5-6-11-18(23)21-14-19(24)22-17(20(25)26)13-16-10-7-9-15(12-16)8-4-2/h7,9-10,12,17H,3-6,8,11,13-14H2,1-2H3,(H,21,23)(H,22,24)(H,25,26). The Morgan fingerprint density at radius 1 is 1.04 bits per heavy atom. The van der Waals surface area contributed by atoms with E-state index in [1.165, 1.54) is 0 Å². The highest BCUT2D eigenvalue weighted by Gasteiger charge is 2.20. The summed E-state index contributed by atoms with van der Waals surface area (Å²) in [5.41, 5.74) is 2.02. The molecule has 1 aromatic rings. The molecule has 0 saturated carbocycles. The second-order valence-corrected chi connectivity index (χ2v) is 6.47. The molecule has 1 aromatic carbocycles. The van der Waals surface area contributed by atoms with Gasteiger partial charge in [-0.2, -0.15) is 0 Å². The first kappa shape index (κ1) is 21.7. The Balaban J connectivity index is 2.52. The highest BCUT2D eigenvalue weighted by atomic mass is 16.4. The van der Waals surface area contributed by atoms with Crippen LogP contribution >= 0.6 is 0 Å². The second-order valence-electron chi connectivity index (χ2n) is 6.47. The molecule has 0 aromatic heterocycles. The molecular formula is C20H30N2O4. The Labute approximate surface area is 155 Å². The number of nitrogens with one attached hydrogen (secondary N) is 2. The van der Waals surface area contributed by atoms with Crippen molar-refractivity contribution in [1.29, 1.82) is 0 Å². The molecular weight excluding hydrogens is 332 g/mol. The summed E-state index contributed by atoms with van der Waals surface area (Å²) in [6.45, 7) is 3.93. The summed E-state index contributed by atoms with van der Waals surface area (Å²) < 4.78 is 0. The van der Waals surface area contributed by atoms with Gasteiger partial charge in [0.15, 0.2) is 0 Å². The number of carboxylic acid groups (broad SMARTS) is 1. The van der Waals surface area contributed by atoms with Crippen molar-refractivity contribution < 1.29 is 19.5 Å². The van der Waals surface area contributed by atoms with Crippen LogP contribution in [0.25, 0.3) is 0 Å². The van der Waals surface area contributed by atoms with Crippen LogP contribution in [0.4, 0.5) is 0 Å². The molecule has 0 radical (unpaired) electrons. The summed E-state index contributed by atoms with van der Waals surface area (Å²) >= 11 is 0. The predicted octanol–water partition coefficient (Wildman–Crippen LogP) is 2.45. The lowest BCUT2D eigenvalue weighted by molar-refractivity contribution is -0.141. The molecule has 0 bridgehead atoms. The van der Waals surface area contributed by atoms with E-state index in [-0.39, 0.29) is 18.9 Å². The number of hydrogen-bond donors (Lipinski definition) is 3. The lowest BCUT2D eigenvalue weighted by Crippen LogP contribution is -2.46. The second kappa shape index (κ2) is 12.1. The zero-order valence-electron chi connectivity index (χ0n) is 15.7. The minimum absolute atomic E-state index is 0.187. The molecule has 144 valence electrons. The van der Waals surface area contributed by atoms with E-state index >= 15 is 0 Å². The van der Waals surface area contributed by atoms with E-state index in [2.05, 4.69) is 24.5 Å². The van der Waals surface area contributed by atoms with E-state index in [0.717, 1.165) is 43.2 Å². The zero-order valence-corrected chi connectivity index (χ0v) is 15.7. The van der Waals surface area contributed by atoms with E-state index in [0.29, 0.717) is 6.42 Å². The summed E-state index contributed by atoms with van der Waals surface area (Å²) in [6, 6.07) is 6.72. The lowest BCUT2D eigenvalue weighted by Gasteiger charge is -2.15. The fourth-order valence-electron chi connectivity index (χ4n) is 2.68. The van der Waals surface area contributed by atoms with Crippen LogP contribution in [0.2, 0.25) is 0 Å². The summed E-state index contributed by atoms with van der Waals surface area (Å²) in [7, 11) is 0. The summed E-state index contributed by atoms with van der Waals surface area (Å²) in [5.74, 6) is -1.77. The third kappa shape index (κ3) is 8.65. The first-order valence-electron chi connectivity index (χ1n) is 9.32. The van der Waals surface area contributed by atoms with Gasteiger partial charge in [0, 0.05) is 12.8 Å². The topological polar surface area (TPSA) is 95.5 Å². The quantitative estimate of drug-likeness (QED) is 0.498. The number of amides is 2. The number of benzene rings is 1. The van der Waals surface area contributed by atoms with Crippen molar-refractivity contribution in [3.05, 3.63) is 35.4 Å². The molecule has 0 aliphatic rings. The molecule has 1 unspecified atom stereocenters. The van der Waals surface area contributed by atoms with Crippen LogP contribution < -0.4 is 10.6 Å². The van der Waals surface area contributed by atoms with Gasteiger partial charge in [-0.1, -0.05) is 57.4 Å². The Kier molecular flexibility index (Phi) is 10.1. The number of hydrogen-bond acceptors (Lipinski definition) is 3. The molecule has 6 nitrogen and oxygen atoms in total. The molecule has 0 spiro atoms. The third-order valence-electron chi connectivity index (χ3n) is 4.06. The van der Waals surface area contributed by atoms with Crippen LogP contribution in [-0.4, -0.2) is 35.5 Å². The molecule has 0 fully saturated rings. The molecule has 0 aliphatic carbocycles. The van der Waals surface area contributed by atoms with Gasteiger partial charge in [-0.05, 0) is 24.0 Å². The van der Waals surface area contributed by atoms with Gasteiger partial charge in [0.05, 0.1) is 6.54 Å². The van der Waals surface area contributed by atoms with Gasteiger partial charge in [-0.3, -0.25) is 9.59 Å². The van der Waals surface area contributed by atoms with Crippen molar-refractivity contribution in [1.82, 2.24) is 10.6 Å². The summed E-state index contributed by atoms with van der Waals surface area (Å²) in [5, 5.41) is 14.4. The minimum atomic E-state index is -1.09. The maximum absolute atomic E-state index is 12.0. The normalized spacial score (nSPS) is 11.6. The highest BCUT2D eigenvalue weighted by Crippen LogP contribution is 2.10. The van der Waals surface area contributed by atoms with Crippen molar-refractivity contribution in [2.45, 2.75) is 64.8 Å². The fourth-order valence-corrected chi connectivity index (χ4v) is 2.68. The Hall–Kier alpha value is -2.37. The SMILES string of the molecule is CCCCCC(=O)NCC(=O)NC(Cc1cccc(CCC)c1)C(=O)O. The van der Waals surface area contributed by atoms with Crippen LogP contribution in [0, 0.1) is 0 Å². The van der Waals surface area contributed by atoms with Crippen LogP contribution in [0.15, 0.2) is 24.3 Å². The number of carbonyl (C=O) groups excluding carboxylic acids is 2. The van der Waals surface area contributed by atoms with Crippen molar-refractivity contribution in [3.63, 3.8) is 0 Å². The van der Waals surface area contributed by atoms with Gasteiger partial charge >= 0.3 is 5.97 Å². The number of carbonyl (C=O) groups is 3. The third-order valence-corrected chi connectivity index (χ3v) is 4.06. The monoisotopic (exact) mass is 362 g/mol. The highest BCUT2D eigenvalue weighted by molar-refractivity contribution is 5.87. The van der Waals surface area contributed by atoms with Gasteiger partial charge < -0.3 is 15.7 Å². The fraction of sp³-hybridized carbons (Fsp3) is 0.550.